The molecule has 1 heterocycles. The fourth-order valence-electron chi connectivity index (χ4n) is 1.57. The maximum absolute atomic E-state index is 13.4. The Balaban J connectivity index is 2.20. The van der Waals surface area contributed by atoms with Crippen LogP contribution in [0.1, 0.15) is 12.0 Å². The molecule has 16 heavy (non-hydrogen) atoms. The van der Waals surface area contributed by atoms with Crippen LogP contribution >= 0.6 is 0 Å². The molecule has 1 aliphatic rings. The highest BCUT2D eigenvalue weighted by molar-refractivity contribution is 6.01. The summed E-state index contributed by atoms with van der Waals surface area (Å²) >= 11 is 0. The molecule has 1 atom stereocenters. The van der Waals surface area contributed by atoms with E-state index in [4.69, 9.17) is 15.3 Å². The lowest BCUT2D eigenvalue weighted by molar-refractivity contribution is 0.0918. The van der Waals surface area contributed by atoms with Gasteiger partial charge in [0.2, 0.25) is 0 Å². The lowest BCUT2D eigenvalue weighted by Gasteiger charge is -2.04. The predicted octanol–water partition coefficient (Wildman–Crippen LogP) is 1.29. The Labute approximate surface area is 92.8 Å². The zero-order valence-electron chi connectivity index (χ0n) is 8.94. The van der Waals surface area contributed by atoms with E-state index in [9.17, 15) is 4.39 Å². The van der Waals surface area contributed by atoms with Gasteiger partial charge in [-0.25, -0.2) is 4.39 Å². The molecule has 0 aromatic heterocycles. The van der Waals surface area contributed by atoms with E-state index in [0.29, 0.717) is 18.5 Å². The summed E-state index contributed by atoms with van der Waals surface area (Å²) in [7, 11) is 1.43. The van der Waals surface area contributed by atoms with Crippen LogP contribution in [0.2, 0.25) is 0 Å². The zero-order chi connectivity index (χ0) is 11.5. The second-order valence-corrected chi connectivity index (χ2v) is 3.55. The molecular weight excluding hydrogens is 211 g/mol. The van der Waals surface area contributed by atoms with Crippen molar-refractivity contribution in [3.63, 3.8) is 0 Å². The van der Waals surface area contributed by atoms with E-state index >= 15 is 0 Å². The first-order valence-electron chi connectivity index (χ1n) is 5.01. The SMILES string of the molecule is COc1ccc(C2=NOC(CN)C2)cc1F. The van der Waals surface area contributed by atoms with E-state index in [1.165, 1.54) is 13.2 Å². The van der Waals surface area contributed by atoms with Crippen LogP contribution in [0, 0.1) is 5.82 Å². The molecule has 0 spiro atoms. The number of nitrogens with two attached hydrogens (primary N) is 1. The zero-order valence-corrected chi connectivity index (χ0v) is 8.94. The summed E-state index contributed by atoms with van der Waals surface area (Å²) in [5, 5.41) is 3.88. The van der Waals surface area contributed by atoms with Gasteiger partial charge >= 0.3 is 0 Å². The summed E-state index contributed by atoms with van der Waals surface area (Å²) in [5.74, 6) is -0.183. The van der Waals surface area contributed by atoms with Gasteiger partial charge in [-0.05, 0) is 18.2 Å². The third kappa shape index (κ3) is 1.99. The molecule has 1 aromatic rings. The van der Waals surface area contributed by atoms with Crippen molar-refractivity contribution in [2.24, 2.45) is 10.9 Å². The van der Waals surface area contributed by atoms with E-state index < -0.39 is 5.82 Å². The number of ether oxygens (including phenoxy) is 1. The van der Waals surface area contributed by atoms with E-state index in [1.54, 1.807) is 12.1 Å². The number of halogens is 1. The monoisotopic (exact) mass is 224 g/mol. The Morgan fingerprint density at radius 2 is 2.44 bits per heavy atom. The van der Waals surface area contributed by atoms with Gasteiger partial charge in [0.15, 0.2) is 11.6 Å². The summed E-state index contributed by atoms with van der Waals surface area (Å²) in [6.07, 6.45) is 0.516. The molecule has 1 unspecified atom stereocenters. The number of rotatable bonds is 3. The average Bonchev–Trinajstić information content (AvgIpc) is 2.77. The quantitative estimate of drug-likeness (QED) is 0.841. The first-order valence-corrected chi connectivity index (χ1v) is 5.01. The van der Waals surface area contributed by atoms with Crippen LogP contribution < -0.4 is 10.5 Å². The standard InChI is InChI=1S/C11H13FN2O2/c1-15-11-3-2-7(4-9(11)12)10-5-8(6-13)16-14-10/h2-4,8H,5-6,13H2,1H3. The molecule has 4 nitrogen and oxygen atoms in total. The van der Waals surface area contributed by atoms with Crippen LogP contribution in [0.15, 0.2) is 23.4 Å². The summed E-state index contributed by atoms with van der Waals surface area (Å²) in [5.41, 5.74) is 6.88. The first-order chi connectivity index (χ1) is 7.74. The maximum Gasteiger partial charge on any atom is 0.165 e. The Morgan fingerprint density at radius 3 is 3.00 bits per heavy atom. The summed E-state index contributed by atoms with van der Waals surface area (Å²) in [4.78, 5) is 5.07. The third-order valence-electron chi connectivity index (χ3n) is 2.48. The van der Waals surface area contributed by atoms with Crippen molar-refractivity contribution in [2.75, 3.05) is 13.7 Å². The topological polar surface area (TPSA) is 56.8 Å². The molecule has 2 rings (SSSR count). The molecule has 1 aromatic carbocycles. The molecule has 2 N–H and O–H groups in total. The molecule has 86 valence electrons. The van der Waals surface area contributed by atoms with Crippen molar-refractivity contribution >= 4 is 5.71 Å². The number of oxime groups is 1. The van der Waals surface area contributed by atoms with Crippen molar-refractivity contribution in [1.82, 2.24) is 0 Å². The molecule has 0 aliphatic carbocycles. The molecule has 0 saturated carbocycles. The van der Waals surface area contributed by atoms with Crippen LogP contribution in [0.5, 0.6) is 5.75 Å². The van der Waals surface area contributed by atoms with E-state index in [1.807, 2.05) is 0 Å². The van der Waals surface area contributed by atoms with Gasteiger partial charge in [-0.2, -0.15) is 0 Å². The van der Waals surface area contributed by atoms with Crippen molar-refractivity contribution in [2.45, 2.75) is 12.5 Å². The van der Waals surface area contributed by atoms with Crippen LogP contribution in [-0.2, 0) is 4.84 Å². The van der Waals surface area contributed by atoms with Gasteiger partial charge in [0.25, 0.3) is 0 Å². The van der Waals surface area contributed by atoms with Gasteiger partial charge in [0, 0.05) is 18.5 Å². The highest BCUT2D eigenvalue weighted by Crippen LogP contribution is 2.21. The lowest BCUT2D eigenvalue weighted by Crippen LogP contribution is -2.20. The lowest BCUT2D eigenvalue weighted by atomic mass is 10.0. The van der Waals surface area contributed by atoms with Gasteiger partial charge in [0.05, 0.1) is 12.8 Å². The Kier molecular flexibility index (Phi) is 3.05. The van der Waals surface area contributed by atoms with Crippen molar-refractivity contribution < 1.29 is 14.0 Å². The van der Waals surface area contributed by atoms with E-state index in [2.05, 4.69) is 5.16 Å². The number of hydrogen-bond acceptors (Lipinski definition) is 4. The van der Waals surface area contributed by atoms with Gasteiger partial charge in [-0.1, -0.05) is 5.16 Å². The predicted molar refractivity (Wildman–Crippen MR) is 58.0 cm³/mol. The molecule has 0 amide bonds. The third-order valence-corrected chi connectivity index (χ3v) is 2.48. The van der Waals surface area contributed by atoms with Crippen molar-refractivity contribution in [1.29, 1.82) is 0 Å². The molecule has 0 radical (unpaired) electrons. The molecule has 5 heteroatoms. The van der Waals surface area contributed by atoms with Gasteiger partial charge in [0.1, 0.15) is 6.10 Å². The van der Waals surface area contributed by atoms with Gasteiger partial charge in [-0.3, -0.25) is 0 Å². The number of hydrogen-bond donors (Lipinski definition) is 1. The highest BCUT2D eigenvalue weighted by atomic mass is 19.1. The van der Waals surface area contributed by atoms with E-state index in [0.717, 1.165) is 5.71 Å². The van der Waals surface area contributed by atoms with E-state index in [-0.39, 0.29) is 11.9 Å². The fraction of sp³-hybridized carbons (Fsp3) is 0.364. The highest BCUT2D eigenvalue weighted by Gasteiger charge is 2.21. The summed E-state index contributed by atoms with van der Waals surface area (Å²) < 4.78 is 18.3. The fourth-order valence-corrected chi connectivity index (χ4v) is 1.57. The summed E-state index contributed by atoms with van der Waals surface area (Å²) in [6.45, 7) is 0.408. The number of benzene rings is 1. The largest absolute Gasteiger partial charge is 0.494 e. The van der Waals surface area contributed by atoms with Crippen LogP contribution in [0.3, 0.4) is 0 Å². The smallest absolute Gasteiger partial charge is 0.165 e. The summed E-state index contributed by atoms with van der Waals surface area (Å²) in [6, 6.07) is 4.71. The molecule has 1 aliphatic heterocycles. The van der Waals surface area contributed by atoms with Crippen molar-refractivity contribution in [3.8, 4) is 5.75 Å². The van der Waals surface area contributed by atoms with Crippen molar-refractivity contribution in [3.05, 3.63) is 29.6 Å². The number of methoxy groups -OCH3 is 1. The minimum absolute atomic E-state index is 0.0971. The molecule has 0 bridgehead atoms. The van der Waals surface area contributed by atoms with Crippen LogP contribution in [-0.4, -0.2) is 25.5 Å². The molecule has 0 saturated heterocycles. The van der Waals surface area contributed by atoms with Crippen LogP contribution in [0.4, 0.5) is 4.39 Å². The Morgan fingerprint density at radius 1 is 1.62 bits per heavy atom. The first kappa shape index (κ1) is 10.9. The Bertz CT molecular complexity index is 420. The Hall–Kier alpha value is -1.62. The minimum Gasteiger partial charge on any atom is -0.494 e. The molecule has 0 fully saturated rings. The van der Waals surface area contributed by atoms with Gasteiger partial charge < -0.3 is 15.3 Å². The molecular formula is C11H13FN2O2. The van der Waals surface area contributed by atoms with Crippen LogP contribution in [0.25, 0.3) is 0 Å². The minimum atomic E-state index is -0.404. The second kappa shape index (κ2) is 4.49. The number of nitrogens with zero attached hydrogens (tertiary/aromatic N) is 1. The maximum atomic E-state index is 13.4. The average molecular weight is 224 g/mol. The normalized spacial score (nSPS) is 19.2. The second-order valence-electron chi connectivity index (χ2n) is 3.55. The van der Waals surface area contributed by atoms with Gasteiger partial charge in [-0.15, -0.1) is 0 Å².